The molecule has 3 rings (SSSR count). The molecule has 0 saturated carbocycles. The van der Waals surface area contributed by atoms with Gasteiger partial charge in [0.05, 0.1) is 16.2 Å². The van der Waals surface area contributed by atoms with Crippen molar-refractivity contribution >= 4 is 38.6 Å². The normalized spacial score (nSPS) is 10.6. The van der Waals surface area contributed by atoms with Gasteiger partial charge in [0.25, 0.3) is 5.91 Å². The zero-order chi connectivity index (χ0) is 15.7. The molecule has 1 amide bonds. The van der Waals surface area contributed by atoms with Gasteiger partial charge >= 0.3 is 0 Å². The van der Waals surface area contributed by atoms with Crippen molar-refractivity contribution in [2.24, 2.45) is 0 Å². The fraction of sp³-hybridized carbons (Fsp3) is 0.0714. The van der Waals surface area contributed by atoms with E-state index in [0.29, 0.717) is 5.13 Å². The van der Waals surface area contributed by atoms with Gasteiger partial charge in [-0.15, -0.1) is 0 Å². The average molecular weight is 313 g/mol. The zero-order valence-corrected chi connectivity index (χ0v) is 12.2. The van der Waals surface area contributed by atoms with Crippen LogP contribution in [0.4, 0.5) is 5.13 Å². The number of aromatic nitrogens is 3. The van der Waals surface area contributed by atoms with Crippen LogP contribution in [0.2, 0.25) is 0 Å². The van der Waals surface area contributed by atoms with Crippen molar-refractivity contribution in [1.29, 1.82) is 0 Å². The second-order valence-electron chi connectivity index (χ2n) is 4.49. The lowest BCUT2D eigenvalue weighted by Gasteiger charge is -2.06. The minimum Gasteiger partial charge on any atom is -0.543 e. The van der Waals surface area contributed by atoms with Gasteiger partial charge in [-0.3, -0.25) is 15.1 Å². The first-order chi connectivity index (χ1) is 10.5. The largest absolute Gasteiger partial charge is 0.543 e. The zero-order valence-electron chi connectivity index (χ0n) is 11.4. The Labute approximate surface area is 128 Å². The summed E-state index contributed by atoms with van der Waals surface area (Å²) in [4.78, 5) is 34.7. The minimum atomic E-state index is -1.56. The minimum absolute atomic E-state index is 0.307. The van der Waals surface area contributed by atoms with E-state index >= 15 is 0 Å². The number of hydrogen-bond acceptors (Lipinski definition) is 7. The van der Waals surface area contributed by atoms with Crippen molar-refractivity contribution in [2.75, 3.05) is 5.32 Å². The van der Waals surface area contributed by atoms with Crippen LogP contribution in [-0.2, 0) is 0 Å². The maximum Gasteiger partial charge on any atom is 0.278 e. The van der Waals surface area contributed by atoms with Gasteiger partial charge in [0.1, 0.15) is 5.69 Å². The molecule has 0 fully saturated rings. The molecule has 0 aliphatic heterocycles. The van der Waals surface area contributed by atoms with Crippen molar-refractivity contribution in [3.8, 4) is 0 Å². The summed E-state index contributed by atoms with van der Waals surface area (Å²) in [5.41, 5.74) is 1.01. The predicted octanol–water partition coefficient (Wildman–Crippen LogP) is 1.01. The molecule has 22 heavy (non-hydrogen) atoms. The van der Waals surface area contributed by atoms with Gasteiger partial charge in [-0.1, -0.05) is 17.4 Å². The van der Waals surface area contributed by atoms with Crippen LogP contribution in [0, 0.1) is 6.92 Å². The molecule has 0 bridgehead atoms. The van der Waals surface area contributed by atoms with Crippen molar-refractivity contribution in [2.45, 2.75) is 6.92 Å². The van der Waals surface area contributed by atoms with Crippen LogP contribution < -0.4 is 10.4 Å². The first kappa shape index (κ1) is 14.1. The number of thiazole rings is 1. The number of carbonyl (C=O) groups excluding carboxylic acids is 2. The second-order valence-corrected chi connectivity index (χ2v) is 5.52. The Bertz CT molecular complexity index is 891. The molecule has 0 atom stereocenters. The van der Waals surface area contributed by atoms with E-state index in [4.69, 9.17) is 0 Å². The molecule has 0 aliphatic carbocycles. The van der Waals surface area contributed by atoms with Crippen LogP contribution >= 0.6 is 11.3 Å². The van der Waals surface area contributed by atoms with E-state index in [2.05, 4.69) is 20.3 Å². The van der Waals surface area contributed by atoms with E-state index in [9.17, 15) is 14.7 Å². The highest BCUT2D eigenvalue weighted by Gasteiger charge is 2.16. The molecule has 110 valence electrons. The topological polar surface area (TPSA) is 108 Å². The maximum atomic E-state index is 12.1. The Morgan fingerprint density at radius 2 is 1.91 bits per heavy atom. The van der Waals surface area contributed by atoms with E-state index in [1.165, 1.54) is 23.7 Å². The van der Waals surface area contributed by atoms with Gasteiger partial charge in [0, 0.05) is 12.4 Å². The van der Waals surface area contributed by atoms with Crippen LogP contribution in [-0.4, -0.2) is 26.8 Å². The third-order valence-electron chi connectivity index (χ3n) is 2.87. The van der Waals surface area contributed by atoms with Crippen LogP contribution in [0.15, 0.2) is 30.6 Å². The summed E-state index contributed by atoms with van der Waals surface area (Å²) in [6, 6.07) is 5.76. The number of anilines is 1. The molecule has 0 aliphatic rings. The fourth-order valence-electron chi connectivity index (χ4n) is 1.90. The van der Waals surface area contributed by atoms with Crippen molar-refractivity contribution in [3.05, 3.63) is 47.5 Å². The summed E-state index contributed by atoms with van der Waals surface area (Å²) in [6.07, 6.45) is 2.42. The first-order valence-electron chi connectivity index (χ1n) is 6.25. The van der Waals surface area contributed by atoms with Gasteiger partial charge in [-0.05, 0) is 24.6 Å². The summed E-state index contributed by atoms with van der Waals surface area (Å²) in [5, 5.41) is 13.8. The number of benzene rings is 1. The Kier molecular flexibility index (Phi) is 3.51. The van der Waals surface area contributed by atoms with E-state index in [-0.39, 0.29) is 5.69 Å². The van der Waals surface area contributed by atoms with Gasteiger partial charge in [-0.2, -0.15) is 0 Å². The van der Waals surface area contributed by atoms with Crippen LogP contribution in [0.3, 0.4) is 0 Å². The third kappa shape index (κ3) is 2.63. The Morgan fingerprint density at radius 3 is 2.64 bits per heavy atom. The van der Waals surface area contributed by atoms with E-state index < -0.39 is 17.6 Å². The highest BCUT2D eigenvalue weighted by Crippen LogP contribution is 2.26. The second kappa shape index (κ2) is 5.49. The number of rotatable bonds is 3. The number of aryl methyl sites for hydroxylation is 1. The predicted molar refractivity (Wildman–Crippen MR) is 78.7 cm³/mol. The molecule has 2 aromatic heterocycles. The molecule has 3 aromatic rings. The molecule has 0 spiro atoms. The molecule has 2 heterocycles. The molecule has 8 heteroatoms. The van der Waals surface area contributed by atoms with E-state index in [0.717, 1.165) is 15.8 Å². The highest BCUT2D eigenvalue weighted by molar-refractivity contribution is 7.22. The van der Waals surface area contributed by atoms with E-state index in [1.54, 1.807) is 0 Å². The summed E-state index contributed by atoms with van der Waals surface area (Å²) in [5.74, 6) is -2.25. The number of aromatic carboxylic acids is 1. The van der Waals surface area contributed by atoms with Crippen molar-refractivity contribution < 1.29 is 14.7 Å². The highest BCUT2D eigenvalue weighted by atomic mass is 32.1. The molecule has 1 N–H and O–H groups in total. The van der Waals surface area contributed by atoms with Gasteiger partial charge in [-0.25, -0.2) is 9.97 Å². The van der Waals surface area contributed by atoms with Crippen molar-refractivity contribution in [1.82, 2.24) is 15.0 Å². The van der Waals surface area contributed by atoms with Gasteiger partial charge in [0.2, 0.25) is 0 Å². The van der Waals surface area contributed by atoms with Gasteiger partial charge < -0.3 is 9.90 Å². The lowest BCUT2D eigenvalue weighted by molar-refractivity contribution is -0.255. The lowest BCUT2D eigenvalue weighted by atomic mass is 10.2. The quantitative estimate of drug-likeness (QED) is 0.773. The first-order valence-corrected chi connectivity index (χ1v) is 7.07. The van der Waals surface area contributed by atoms with Crippen LogP contribution in [0.25, 0.3) is 10.2 Å². The Morgan fingerprint density at radius 1 is 1.18 bits per heavy atom. The lowest BCUT2D eigenvalue weighted by Crippen LogP contribution is -2.28. The number of nitrogens with one attached hydrogen (secondary N) is 1. The molecule has 0 unspecified atom stereocenters. The molecule has 0 saturated heterocycles. The standard InChI is InChI=1S/C14H10N4O3S/c1-7-2-3-9-8(6-7)17-14(22-9)18-12(19)10-11(13(20)21)16-5-4-15-10/h2-6H,1H3,(H,20,21)(H,17,18,19)/p-1. The van der Waals surface area contributed by atoms with Crippen molar-refractivity contribution in [3.63, 3.8) is 0 Å². The number of hydrogen-bond donors (Lipinski definition) is 1. The summed E-state index contributed by atoms with van der Waals surface area (Å²) >= 11 is 1.29. The Hall–Kier alpha value is -2.87. The fourth-order valence-corrected chi connectivity index (χ4v) is 2.74. The molecule has 0 radical (unpaired) electrons. The molecule has 7 nitrogen and oxygen atoms in total. The smallest absolute Gasteiger partial charge is 0.278 e. The maximum absolute atomic E-state index is 12.1. The average Bonchev–Trinajstić information content (AvgIpc) is 2.88. The number of carbonyl (C=O) groups is 2. The number of amides is 1. The summed E-state index contributed by atoms with van der Waals surface area (Å²) < 4.78 is 0.917. The number of fused-ring (bicyclic) bond motifs is 1. The summed E-state index contributed by atoms with van der Waals surface area (Å²) in [6.45, 7) is 1.95. The van der Waals surface area contributed by atoms with Gasteiger partial charge in [0.15, 0.2) is 10.8 Å². The molecule has 1 aromatic carbocycles. The molecular weight excluding hydrogens is 304 g/mol. The number of carboxylic acids is 1. The number of carboxylic acid groups (broad SMARTS) is 1. The number of nitrogens with zero attached hydrogens (tertiary/aromatic N) is 3. The third-order valence-corrected chi connectivity index (χ3v) is 3.82. The SMILES string of the molecule is Cc1ccc2sc(NC(=O)c3nccnc3C(=O)[O-])nc2c1. The monoisotopic (exact) mass is 313 g/mol. The van der Waals surface area contributed by atoms with E-state index in [1.807, 2.05) is 25.1 Å². The molecular formula is C14H9N4O3S-. The van der Waals surface area contributed by atoms with Crippen LogP contribution in [0.5, 0.6) is 0 Å². The Balaban J connectivity index is 1.91. The summed E-state index contributed by atoms with van der Waals surface area (Å²) in [7, 11) is 0. The van der Waals surface area contributed by atoms with Crippen LogP contribution in [0.1, 0.15) is 26.5 Å².